The molecule has 1 aromatic rings. The molecule has 29 heavy (non-hydrogen) atoms. The SMILES string of the molecule is CCCCCCCCCCCCCCOc1c(F)c(F)c(S(=O)(=O)[O-])c(F)c1F. The van der Waals surface area contributed by atoms with Crippen LogP contribution in [-0.2, 0) is 10.1 Å². The zero-order valence-corrected chi connectivity index (χ0v) is 17.6. The van der Waals surface area contributed by atoms with E-state index in [1.54, 1.807) is 0 Å². The molecule has 9 heteroatoms. The van der Waals surface area contributed by atoms with Crippen molar-refractivity contribution in [2.75, 3.05) is 6.61 Å². The van der Waals surface area contributed by atoms with Gasteiger partial charge in [-0.25, -0.2) is 17.2 Å². The predicted molar refractivity (Wildman–Crippen MR) is 101 cm³/mol. The van der Waals surface area contributed by atoms with Crippen LogP contribution >= 0.6 is 0 Å². The number of unbranched alkanes of at least 4 members (excludes halogenated alkanes) is 11. The van der Waals surface area contributed by atoms with Crippen LogP contribution in [0.4, 0.5) is 17.6 Å². The van der Waals surface area contributed by atoms with E-state index in [1.165, 1.54) is 44.9 Å². The highest BCUT2D eigenvalue weighted by Gasteiger charge is 2.29. The molecule has 0 fully saturated rings. The fraction of sp³-hybridized carbons (Fsp3) is 0.700. The molecule has 0 N–H and O–H groups in total. The van der Waals surface area contributed by atoms with E-state index in [1.807, 2.05) is 0 Å². The predicted octanol–water partition coefficient (Wildman–Crippen LogP) is 6.23. The van der Waals surface area contributed by atoms with E-state index in [9.17, 15) is 30.5 Å². The monoisotopic (exact) mass is 441 g/mol. The number of hydrogen-bond acceptors (Lipinski definition) is 4. The maximum absolute atomic E-state index is 13.8. The maximum atomic E-state index is 13.8. The number of rotatable bonds is 15. The molecule has 0 aliphatic heterocycles. The summed E-state index contributed by atoms with van der Waals surface area (Å²) in [4.78, 5) is -2.18. The van der Waals surface area contributed by atoms with E-state index < -0.39 is 44.0 Å². The molecule has 0 saturated carbocycles. The highest BCUT2D eigenvalue weighted by Crippen LogP contribution is 2.32. The van der Waals surface area contributed by atoms with Crippen LogP contribution in [0.3, 0.4) is 0 Å². The van der Waals surface area contributed by atoms with Crippen molar-refractivity contribution in [2.24, 2.45) is 0 Å². The second-order valence-corrected chi connectivity index (χ2v) is 8.42. The summed E-state index contributed by atoms with van der Waals surface area (Å²) in [5.41, 5.74) is 0. The highest BCUT2D eigenvalue weighted by atomic mass is 32.2. The van der Waals surface area contributed by atoms with Crippen molar-refractivity contribution in [3.8, 4) is 5.75 Å². The molecule has 0 saturated heterocycles. The molecule has 0 amide bonds. The quantitative estimate of drug-likeness (QED) is 0.140. The number of halogens is 4. The zero-order chi connectivity index (χ0) is 21.9. The van der Waals surface area contributed by atoms with Crippen LogP contribution in [0.1, 0.15) is 84.0 Å². The Balaban J connectivity index is 2.31. The van der Waals surface area contributed by atoms with E-state index in [2.05, 4.69) is 6.92 Å². The van der Waals surface area contributed by atoms with Gasteiger partial charge >= 0.3 is 0 Å². The maximum Gasteiger partial charge on any atom is 0.205 e. The van der Waals surface area contributed by atoms with Gasteiger partial charge in [0.1, 0.15) is 15.0 Å². The zero-order valence-electron chi connectivity index (χ0n) is 16.7. The lowest BCUT2D eigenvalue weighted by atomic mass is 10.1. The standard InChI is InChI=1S/C20H30F4O4S/c1-2-3-4-5-6-7-8-9-10-11-12-13-14-28-19-15(21)17(23)20(29(25,26)27)18(24)16(19)22/h2-14H2,1H3,(H,25,26,27)/p-1. The van der Waals surface area contributed by atoms with Crippen molar-refractivity contribution in [1.82, 2.24) is 0 Å². The lowest BCUT2D eigenvalue weighted by Crippen LogP contribution is -2.13. The normalized spacial score (nSPS) is 11.8. The van der Waals surface area contributed by atoms with Crippen LogP contribution in [-0.4, -0.2) is 19.6 Å². The van der Waals surface area contributed by atoms with Crippen LogP contribution < -0.4 is 4.74 Å². The van der Waals surface area contributed by atoms with Gasteiger partial charge in [-0.2, -0.15) is 8.78 Å². The van der Waals surface area contributed by atoms with Crippen LogP contribution in [0, 0.1) is 23.3 Å². The van der Waals surface area contributed by atoms with Gasteiger partial charge in [0.25, 0.3) is 0 Å². The minimum atomic E-state index is -5.71. The lowest BCUT2D eigenvalue weighted by molar-refractivity contribution is 0.258. The fourth-order valence-electron chi connectivity index (χ4n) is 3.05. The van der Waals surface area contributed by atoms with Gasteiger partial charge in [-0.3, -0.25) is 0 Å². The Morgan fingerprint density at radius 3 is 1.45 bits per heavy atom. The summed E-state index contributed by atoms with van der Waals surface area (Å²) in [5, 5.41) is 0. The Morgan fingerprint density at radius 1 is 0.690 bits per heavy atom. The van der Waals surface area contributed by atoms with Crippen molar-refractivity contribution in [3.05, 3.63) is 23.3 Å². The Hall–Kier alpha value is -1.35. The molecular weight excluding hydrogens is 412 g/mol. The molecule has 4 nitrogen and oxygen atoms in total. The van der Waals surface area contributed by atoms with Crippen LogP contribution in [0.25, 0.3) is 0 Å². The second kappa shape index (κ2) is 13.1. The smallest absolute Gasteiger partial charge is 0.205 e. The van der Waals surface area contributed by atoms with E-state index in [4.69, 9.17) is 4.74 Å². The summed E-state index contributed by atoms with van der Waals surface area (Å²) in [6.45, 7) is 2.00. The topological polar surface area (TPSA) is 66.4 Å². The molecule has 0 atom stereocenters. The van der Waals surface area contributed by atoms with Gasteiger partial charge in [-0.1, -0.05) is 77.6 Å². The van der Waals surface area contributed by atoms with E-state index in [0.717, 1.165) is 25.7 Å². The Labute approximate surface area is 170 Å². The Kier molecular flexibility index (Phi) is 11.6. The van der Waals surface area contributed by atoms with Gasteiger partial charge in [0, 0.05) is 0 Å². The molecule has 168 valence electrons. The first-order valence-electron chi connectivity index (χ1n) is 10.2. The van der Waals surface area contributed by atoms with Gasteiger partial charge in [0.15, 0.2) is 17.4 Å². The highest BCUT2D eigenvalue weighted by molar-refractivity contribution is 7.85. The molecule has 0 unspecified atom stereocenters. The second-order valence-electron chi connectivity index (χ2n) is 7.11. The molecule has 0 spiro atoms. The first kappa shape index (κ1) is 25.7. The van der Waals surface area contributed by atoms with Crippen molar-refractivity contribution < 1.29 is 35.3 Å². The van der Waals surface area contributed by atoms with Gasteiger partial charge in [-0.15, -0.1) is 0 Å². The third-order valence-corrected chi connectivity index (χ3v) is 5.54. The molecule has 1 aromatic carbocycles. The Bertz CT molecular complexity index is 709. The Morgan fingerprint density at radius 2 is 1.07 bits per heavy atom. The minimum absolute atomic E-state index is 0.187. The number of hydrogen-bond donors (Lipinski definition) is 0. The summed E-state index contributed by atoms with van der Waals surface area (Å²) in [7, 11) is -5.71. The van der Waals surface area contributed by atoms with E-state index >= 15 is 0 Å². The average molecular weight is 442 g/mol. The fourth-order valence-corrected chi connectivity index (χ4v) is 3.67. The summed E-state index contributed by atoms with van der Waals surface area (Å²) in [6, 6.07) is 0. The van der Waals surface area contributed by atoms with Crippen molar-refractivity contribution in [1.29, 1.82) is 0 Å². The van der Waals surface area contributed by atoms with Gasteiger partial charge in [0.05, 0.1) is 6.61 Å². The molecule has 0 heterocycles. The van der Waals surface area contributed by atoms with Gasteiger partial charge in [-0.05, 0) is 6.42 Å². The lowest BCUT2D eigenvalue weighted by Gasteiger charge is -2.14. The largest absolute Gasteiger partial charge is 0.744 e. The molecule has 0 bridgehead atoms. The first-order valence-corrected chi connectivity index (χ1v) is 11.6. The number of ether oxygens (including phenoxy) is 1. The van der Waals surface area contributed by atoms with Gasteiger partial charge < -0.3 is 9.29 Å². The van der Waals surface area contributed by atoms with Gasteiger partial charge in [0.2, 0.25) is 11.6 Å². The molecular formula is C20H29F4O4S-. The first-order chi connectivity index (χ1) is 13.7. The van der Waals surface area contributed by atoms with Crippen molar-refractivity contribution in [2.45, 2.75) is 88.9 Å². The van der Waals surface area contributed by atoms with Crippen LogP contribution in [0.15, 0.2) is 4.90 Å². The summed E-state index contributed by atoms with van der Waals surface area (Å²) in [6.07, 6.45) is 12.9. The van der Waals surface area contributed by atoms with E-state index in [-0.39, 0.29) is 6.61 Å². The molecule has 1 rings (SSSR count). The minimum Gasteiger partial charge on any atom is -0.744 e. The molecule has 0 radical (unpaired) electrons. The summed E-state index contributed by atoms with van der Waals surface area (Å²) >= 11 is 0. The molecule has 0 aliphatic rings. The van der Waals surface area contributed by atoms with Crippen molar-refractivity contribution >= 4 is 10.1 Å². The molecule has 0 aromatic heterocycles. The summed E-state index contributed by atoms with van der Waals surface area (Å²) in [5.74, 6) is -9.96. The third-order valence-electron chi connectivity index (χ3n) is 4.68. The molecule has 0 aliphatic carbocycles. The number of benzene rings is 1. The average Bonchev–Trinajstić information content (AvgIpc) is 2.65. The van der Waals surface area contributed by atoms with Crippen LogP contribution in [0.5, 0.6) is 5.75 Å². The summed E-state index contributed by atoms with van der Waals surface area (Å²) < 4.78 is 91.8. The third kappa shape index (κ3) is 8.50. The van der Waals surface area contributed by atoms with Crippen molar-refractivity contribution in [3.63, 3.8) is 0 Å². The van der Waals surface area contributed by atoms with E-state index in [0.29, 0.717) is 6.42 Å². The van der Waals surface area contributed by atoms with Crippen LogP contribution in [0.2, 0.25) is 0 Å².